The Hall–Kier alpha value is -1.82. The molecule has 1 aromatic carbocycles. The Bertz CT molecular complexity index is 585. The lowest BCUT2D eigenvalue weighted by molar-refractivity contribution is -0.139. The highest BCUT2D eigenvalue weighted by Crippen LogP contribution is 2.19. The molecule has 0 unspecified atom stereocenters. The van der Waals surface area contributed by atoms with Crippen LogP contribution in [0.4, 0.5) is 5.69 Å². The van der Waals surface area contributed by atoms with Crippen LogP contribution in [0.2, 0.25) is 0 Å². The third kappa shape index (κ3) is 5.09. The van der Waals surface area contributed by atoms with Crippen LogP contribution in [0.15, 0.2) is 24.3 Å². The lowest BCUT2D eigenvalue weighted by atomic mass is 10.2. The molecule has 0 radical (unpaired) electrons. The molecule has 1 saturated heterocycles. The molecule has 130 valence electrons. The topological polar surface area (TPSA) is 66.5 Å². The van der Waals surface area contributed by atoms with E-state index in [4.69, 9.17) is 0 Å². The van der Waals surface area contributed by atoms with Crippen LogP contribution >= 0.6 is 11.8 Å². The molecule has 1 N–H and O–H groups in total. The molecular weight excluding hydrogens is 324 g/mol. The summed E-state index contributed by atoms with van der Waals surface area (Å²) in [4.78, 5) is 36.7. The SMILES string of the molecule is CCCCS[C@@H](C)C(=O)Nc1ccc(CN2C(=O)CCC2=O)cc1. The summed E-state index contributed by atoms with van der Waals surface area (Å²) in [5, 5.41) is 2.81. The van der Waals surface area contributed by atoms with Gasteiger partial charge in [-0.2, -0.15) is 0 Å². The number of nitrogens with one attached hydrogen (secondary N) is 1. The van der Waals surface area contributed by atoms with Crippen LogP contribution in [-0.4, -0.2) is 33.6 Å². The fraction of sp³-hybridized carbons (Fsp3) is 0.500. The molecule has 1 aromatic rings. The van der Waals surface area contributed by atoms with Crippen LogP contribution in [0.1, 0.15) is 45.1 Å². The number of rotatable bonds is 8. The first-order valence-electron chi connectivity index (χ1n) is 8.36. The van der Waals surface area contributed by atoms with Gasteiger partial charge in [0.2, 0.25) is 17.7 Å². The van der Waals surface area contributed by atoms with E-state index in [1.807, 2.05) is 31.2 Å². The Kier molecular flexibility index (Phi) is 6.85. The monoisotopic (exact) mass is 348 g/mol. The second-order valence-electron chi connectivity index (χ2n) is 5.93. The summed E-state index contributed by atoms with van der Waals surface area (Å²) < 4.78 is 0. The van der Waals surface area contributed by atoms with Crippen molar-refractivity contribution in [2.75, 3.05) is 11.1 Å². The summed E-state index contributed by atoms with van der Waals surface area (Å²) in [5.41, 5.74) is 1.60. The summed E-state index contributed by atoms with van der Waals surface area (Å²) in [6.07, 6.45) is 2.86. The van der Waals surface area contributed by atoms with E-state index in [0.29, 0.717) is 19.4 Å². The number of unbranched alkanes of at least 4 members (excludes halogenated alkanes) is 1. The smallest absolute Gasteiger partial charge is 0.237 e. The van der Waals surface area contributed by atoms with E-state index in [0.717, 1.165) is 29.8 Å². The van der Waals surface area contributed by atoms with Crippen LogP contribution in [0.25, 0.3) is 0 Å². The van der Waals surface area contributed by atoms with Crippen LogP contribution in [0.3, 0.4) is 0 Å². The summed E-state index contributed by atoms with van der Waals surface area (Å²) in [7, 11) is 0. The van der Waals surface area contributed by atoms with Crippen LogP contribution in [0.5, 0.6) is 0 Å². The van der Waals surface area contributed by atoms with Gasteiger partial charge in [-0.1, -0.05) is 25.5 Å². The number of benzene rings is 1. The molecule has 1 fully saturated rings. The molecule has 24 heavy (non-hydrogen) atoms. The second-order valence-corrected chi connectivity index (χ2v) is 7.38. The minimum Gasteiger partial charge on any atom is -0.325 e. The van der Waals surface area contributed by atoms with Gasteiger partial charge in [0.25, 0.3) is 0 Å². The maximum Gasteiger partial charge on any atom is 0.237 e. The molecule has 1 aliphatic heterocycles. The molecule has 5 nitrogen and oxygen atoms in total. The first-order valence-corrected chi connectivity index (χ1v) is 9.40. The average Bonchev–Trinajstić information content (AvgIpc) is 2.88. The first-order chi connectivity index (χ1) is 11.5. The van der Waals surface area contributed by atoms with Gasteiger partial charge < -0.3 is 5.32 Å². The number of nitrogens with zero attached hydrogens (tertiary/aromatic N) is 1. The van der Waals surface area contributed by atoms with Crippen molar-refractivity contribution in [3.63, 3.8) is 0 Å². The molecule has 0 aliphatic carbocycles. The van der Waals surface area contributed by atoms with Gasteiger partial charge in [-0.3, -0.25) is 19.3 Å². The van der Waals surface area contributed by atoms with Crippen molar-refractivity contribution >= 4 is 35.2 Å². The Morgan fingerprint density at radius 2 is 1.83 bits per heavy atom. The van der Waals surface area contributed by atoms with Crippen LogP contribution in [-0.2, 0) is 20.9 Å². The van der Waals surface area contributed by atoms with E-state index in [1.165, 1.54) is 4.90 Å². The number of hydrogen-bond donors (Lipinski definition) is 1. The molecule has 0 bridgehead atoms. The van der Waals surface area contributed by atoms with Gasteiger partial charge in [0.15, 0.2) is 0 Å². The largest absolute Gasteiger partial charge is 0.325 e. The molecule has 1 aliphatic rings. The molecule has 0 spiro atoms. The van der Waals surface area contributed by atoms with Gasteiger partial charge in [-0.25, -0.2) is 0 Å². The van der Waals surface area contributed by atoms with E-state index >= 15 is 0 Å². The van der Waals surface area contributed by atoms with Crippen molar-refractivity contribution in [3.05, 3.63) is 29.8 Å². The number of thioether (sulfide) groups is 1. The second kappa shape index (κ2) is 8.87. The normalized spacial score (nSPS) is 15.7. The summed E-state index contributed by atoms with van der Waals surface area (Å²) >= 11 is 1.66. The molecule has 0 saturated carbocycles. The predicted octanol–water partition coefficient (Wildman–Crippen LogP) is 3.20. The maximum absolute atomic E-state index is 12.1. The number of hydrogen-bond acceptors (Lipinski definition) is 4. The van der Waals surface area contributed by atoms with E-state index in [9.17, 15) is 14.4 Å². The summed E-state index contributed by atoms with van der Waals surface area (Å²) in [5.74, 6) is 0.751. The fourth-order valence-corrected chi connectivity index (χ4v) is 3.42. The number of carbonyl (C=O) groups excluding carboxylic acids is 3. The number of amides is 3. The van der Waals surface area contributed by atoms with Crippen molar-refractivity contribution in [2.24, 2.45) is 0 Å². The van der Waals surface area contributed by atoms with Crippen molar-refractivity contribution < 1.29 is 14.4 Å². The van der Waals surface area contributed by atoms with Gasteiger partial charge in [0.1, 0.15) is 0 Å². The first kappa shape index (κ1) is 18.5. The van der Waals surface area contributed by atoms with E-state index in [-0.39, 0.29) is 23.0 Å². The standard InChI is InChI=1S/C18H24N2O3S/c1-3-4-11-24-13(2)18(23)19-15-7-5-14(6-8-15)12-20-16(21)9-10-17(20)22/h5-8,13H,3-4,9-12H2,1-2H3,(H,19,23)/t13-/m0/s1. The third-order valence-corrected chi connectivity index (χ3v) is 5.19. The summed E-state index contributed by atoms with van der Waals surface area (Å²) in [6, 6.07) is 7.29. The highest BCUT2D eigenvalue weighted by Gasteiger charge is 2.28. The molecular formula is C18H24N2O3S. The van der Waals surface area contributed by atoms with Crippen molar-refractivity contribution in [3.8, 4) is 0 Å². The fourth-order valence-electron chi connectivity index (χ4n) is 2.40. The highest BCUT2D eigenvalue weighted by atomic mass is 32.2. The Labute approximate surface area is 147 Å². The highest BCUT2D eigenvalue weighted by molar-refractivity contribution is 8.00. The number of imide groups is 1. The Morgan fingerprint density at radius 1 is 1.21 bits per heavy atom. The van der Waals surface area contributed by atoms with Crippen molar-refractivity contribution in [1.82, 2.24) is 4.90 Å². The number of likely N-dealkylation sites (tertiary alicyclic amines) is 1. The average molecular weight is 348 g/mol. The number of anilines is 1. The lowest BCUT2D eigenvalue weighted by Gasteiger charge is -2.15. The quantitative estimate of drug-likeness (QED) is 0.579. The van der Waals surface area contributed by atoms with Crippen LogP contribution in [0, 0.1) is 0 Å². The van der Waals surface area contributed by atoms with Crippen LogP contribution < -0.4 is 5.32 Å². The van der Waals surface area contributed by atoms with Crippen molar-refractivity contribution in [2.45, 2.75) is 51.3 Å². The maximum atomic E-state index is 12.1. The van der Waals surface area contributed by atoms with Gasteiger partial charge in [0.05, 0.1) is 11.8 Å². The zero-order valence-electron chi connectivity index (χ0n) is 14.2. The zero-order valence-corrected chi connectivity index (χ0v) is 15.0. The van der Waals surface area contributed by atoms with E-state index < -0.39 is 0 Å². The Balaban J connectivity index is 1.86. The van der Waals surface area contributed by atoms with Crippen molar-refractivity contribution in [1.29, 1.82) is 0 Å². The van der Waals surface area contributed by atoms with E-state index in [1.54, 1.807) is 11.8 Å². The molecule has 1 heterocycles. The molecule has 3 amide bonds. The van der Waals surface area contributed by atoms with Gasteiger partial charge >= 0.3 is 0 Å². The molecule has 0 aromatic heterocycles. The van der Waals surface area contributed by atoms with Gasteiger partial charge in [-0.15, -0.1) is 11.8 Å². The molecule has 6 heteroatoms. The van der Waals surface area contributed by atoms with Gasteiger partial charge in [0, 0.05) is 18.5 Å². The van der Waals surface area contributed by atoms with Gasteiger partial charge in [-0.05, 0) is 36.8 Å². The predicted molar refractivity (Wildman–Crippen MR) is 96.7 cm³/mol. The minimum absolute atomic E-state index is 0.00579. The molecule has 1 atom stereocenters. The Morgan fingerprint density at radius 3 is 2.42 bits per heavy atom. The summed E-state index contributed by atoms with van der Waals surface area (Å²) in [6.45, 7) is 4.35. The van der Waals surface area contributed by atoms with E-state index in [2.05, 4.69) is 12.2 Å². The lowest BCUT2D eigenvalue weighted by Crippen LogP contribution is -2.28. The zero-order chi connectivity index (χ0) is 17.5. The third-order valence-electron chi connectivity index (χ3n) is 3.95. The minimum atomic E-state index is -0.115. The number of carbonyl (C=O) groups is 3. The molecule has 2 rings (SSSR count).